The van der Waals surface area contributed by atoms with Gasteiger partial charge in [-0.25, -0.2) is 0 Å². The molecule has 0 aromatic heterocycles. The quantitative estimate of drug-likeness (QED) is 0.573. The fraction of sp³-hybridized carbons (Fsp3) is 0.900. The van der Waals surface area contributed by atoms with Gasteiger partial charge in [0.25, 0.3) is 0 Å². The van der Waals surface area contributed by atoms with E-state index >= 15 is 0 Å². The molecule has 0 saturated carbocycles. The van der Waals surface area contributed by atoms with Gasteiger partial charge in [-0.05, 0) is 26.7 Å². The second-order valence-corrected chi connectivity index (χ2v) is 3.85. The minimum Gasteiger partial charge on any atom is -0.481 e. The van der Waals surface area contributed by atoms with E-state index in [9.17, 15) is 4.79 Å². The van der Waals surface area contributed by atoms with Crippen molar-refractivity contribution in [2.45, 2.75) is 45.7 Å². The minimum absolute atomic E-state index is 0.0406. The number of aliphatic carboxylic acids is 1. The maximum Gasteiger partial charge on any atom is 0.307 e. The Kier molecular flexibility index (Phi) is 6.49. The normalized spacial score (nSPS) is 17.4. The first-order chi connectivity index (χ1) is 6.49. The van der Waals surface area contributed by atoms with Crippen molar-refractivity contribution in [2.75, 3.05) is 6.61 Å². The summed E-state index contributed by atoms with van der Waals surface area (Å²) in [6, 6.07) is 0.208. The van der Waals surface area contributed by atoms with Gasteiger partial charge in [0.15, 0.2) is 0 Å². The third-order valence-corrected chi connectivity index (χ3v) is 2.48. The third kappa shape index (κ3) is 5.19. The average Bonchev–Trinajstić information content (AvgIpc) is 2.13. The van der Waals surface area contributed by atoms with Gasteiger partial charge in [0.1, 0.15) is 0 Å². The molecule has 0 rings (SSSR count). The molecule has 0 fully saturated rings. The average molecular weight is 203 g/mol. The predicted molar refractivity (Wildman–Crippen MR) is 55.2 cm³/mol. The van der Waals surface area contributed by atoms with Crippen LogP contribution in [0.2, 0.25) is 0 Å². The van der Waals surface area contributed by atoms with Crippen molar-refractivity contribution in [3.8, 4) is 0 Å². The molecule has 0 spiro atoms. The van der Waals surface area contributed by atoms with Crippen LogP contribution in [-0.4, -0.2) is 34.9 Å². The van der Waals surface area contributed by atoms with E-state index < -0.39 is 5.97 Å². The van der Waals surface area contributed by atoms with E-state index in [0.29, 0.717) is 0 Å². The van der Waals surface area contributed by atoms with Crippen LogP contribution in [0.3, 0.4) is 0 Å². The summed E-state index contributed by atoms with van der Waals surface area (Å²) < 4.78 is 0. The highest BCUT2D eigenvalue weighted by atomic mass is 16.4. The van der Waals surface area contributed by atoms with Gasteiger partial charge in [-0.2, -0.15) is 0 Å². The number of hydrogen-bond acceptors (Lipinski definition) is 3. The van der Waals surface area contributed by atoms with E-state index in [4.69, 9.17) is 10.2 Å². The molecule has 0 radical (unpaired) electrons. The van der Waals surface area contributed by atoms with Crippen LogP contribution >= 0.6 is 0 Å². The molecule has 0 saturated heterocycles. The van der Waals surface area contributed by atoms with Gasteiger partial charge in [-0.3, -0.25) is 4.79 Å². The molecule has 84 valence electrons. The molecule has 0 aliphatic heterocycles. The van der Waals surface area contributed by atoms with Crippen LogP contribution in [0, 0.1) is 5.92 Å². The Labute approximate surface area is 85.3 Å². The van der Waals surface area contributed by atoms with Crippen LogP contribution in [0.4, 0.5) is 0 Å². The molecule has 0 aromatic carbocycles. The maximum absolute atomic E-state index is 10.7. The Bertz CT molecular complexity index is 173. The summed E-state index contributed by atoms with van der Waals surface area (Å²) >= 11 is 0. The molecule has 14 heavy (non-hydrogen) atoms. The van der Waals surface area contributed by atoms with Crippen molar-refractivity contribution in [3.63, 3.8) is 0 Å². The van der Waals surface area contributed by atoms with Crippen molar-refractivity contribution < 1.29 is 15.0 Å². The smallest absolute Gasteiger partial charge is 0.307 e. The van der Waals surface area contributed by atoms with Gasteiger partial charge in [-0.15, -0.1) is 0 Å². The monoisotopic (exact) mass is 203 g/mol. The molecule has 4 heteroatoms. The van der Waals surface area contributed by atoms with Gasteiger partial charge in [0, 0.05) is 18.7 Å². The van der Waals surface area contributed by atoms with Gasteiger partial charge in [0.05, 0.1) is 5.92 Å². The SMILES string of the molecule is CC(CCCO)NC(C)C(C)C(=O)O. The van der Waals surface area contributed by atoms with Crippen molar-refractivity contribution in [1.82, 2.24) is 5.32 Å². The Balaban J connectivity index is 3.80. The Morgan fingerprint density at radius 3 is 2.36 bits per heavy atom. The van der Waals surface area contributed by atoms with Crippen LogP contribution in [0.25, 0.3) is 0 Å². The molecule has 3 atom stereocenters. The highest BCUT2D eigenvalue weighted by Gasteiger charge is 2.20. The Morgan fingerprint density at radius 2 is 1.93 bits per heavy atom. The molecule has 0 aliphatic rings. The molecule has 4 nitrogen and oxygen atoms in total. The van der Waals surface area contributed by atoms with E-state index in [0.717, 1.165) is 12.8 Å². The fourth-order valence-electron chi connectivity index (χ4n) is 1.29. The zero-order valence-electron chi connectivity index (χ0n) is 9.16. The fourth-order valence-corrected chi connectivity index (χ4v) is 1.29. The summed E-state index contributed by atoms with van der Waals surface area (Å²) in [4.78, 5) is 10.7. The van der Waals surface area contributed by atoms with Gasteiger partial charge >= 0.3 is 5.97 Å². The highest BCUT2D eigenvalue weighted by molar-refractivity contribution is 5.70. The summed E-state index contributed by atoms with van der Waals surface area (Å²) in [5, 5.41) is 20.6. The second kappa shape index (κ2) is 6.79. The van der Waals surface area contributed by atoms with Crippen molar-refractivity contribution >= 4 is 5.97 Å². The number of carboxylic acids is 1. The molecule has 0 aliphatic carbocycles. The van der Waals surface area contributed by atoms with E-state index in [1.807, 2.05) is 13.8 Å². The summed E-state index contributed by atoms with van der Waals surface area (Å²) in [5.74, 6) is -1.16. The number of aliphatic hydroxyl groups is 1. The standard InChI is InChI=1S/C10H21NO3/c1-7(5-4-6-12)11-9(3)8(2)10(13)14/h7-9,11-12H,4-6H2,1-3H3,(H,13,14). The van der Waals surface area contributed by atoms with Crippen LogP contribution in [0.5, 0.6) is 0 Å². The lowest BCUT2D eigenvalue weighted by Crippen LogP contribution is -2.41. The molecule has 0 aromatic rings. The molecule has 3 unspecified atom stereocenters. The van der Waals surface area contributed by atoms with Crippen LogP contribution < -0.4 is 5.32 Å². The van der Waals surface area contributed by atoms with Crippen LogP contribution in [0.1, 0.15) is 33.6 Å². The maximum atomic E-state index is 10.7. The van der Waals surface area contributed by atoms with Crippen molar-refractivity contribution in [1.29, 1.82) is 0 Å². The van der Waals surface area contributed by atoms with Gasteiger partial charge < -0.3 is 15.5 Å². The molecule has 0 bridgehead atoms. The highest BCUT2D eigenvalue weighted by Crippen LogP contribution is 2.05. The third-order valence-electron chi connectivity index (χ3n) is 2.48. The zero-order chi connectivity index (χ0) is 11.1. The first-order valence-corrected chi connectivity index (χ1v) is 5.08. The van der Waals surface area contributed by atoms with Gasteiger partial charge in [-0.1, -0.05) is 6.92 Å². The number of nitrogens with one attached hydrogen (secondary N) is 1. The first-order valence-electron chi connectivity index (χ1n) is 5.08. The molecule has 3 N–H and O–H groups in total. The number of hydrogen-bond donors (Lipinski definition) is 3. The Morgan fingerprint density at radius 1 is 1.36 bits per heavy atom. The molecular formula is C10H21NO3. The predicted octanol–water partition coefficient (Wildman–Crippen LogP) is 0.846. The summed E-state index contributed by atoms with van der Waals surface area (Å²) in [6.45, 7) is 5.75. The van der Waals surface area contributed by atoms with E-state index in [2.05, 4.69) is 5.32 Å². The topological polar surface area (TPSA) is 69.6 Å². The summed E-state index contributed by atoms with van der Waals surface area (Å²) in [7, 11) is 0. The lowest BCUT2D eigenvalue weighted by molar-refractivity contribution is -0.142. The van der Waals surface area contributed by atoms with Crippen molar-refractivity contribution in [3.05, 3.63) is 0 Å². The van der Waals surface area contributed by atoms with E-state index in [1.54, 1.807) is 6.92 Å². The molecule has 0 heterocycles. The summed E-state index contributed by atoms with van der Waals surface area (Å²) in [5.41, 5.74) is 0. The minimum atomic E-state index is -0.778. The number of aliphatic hydroxyl groups excluding tert-OH is 1. The zero-order valence-corrected chi connectivity index (χ0v) is 9.16. The molecular weight excluding hydrogens is 182 g/mol. The molecule has 0 amide bonds. The first kappa shape index (κ1) is 13.4. The van der Waals surface area contributed by atoms with Crippen molar-refractivity contribution in [2.24, 2.45) is 5.92 Å². The number of rotatable bonds is 7. The largest absolute Gasteiger partial charge is 0.481 e. The lowest BCUT2D eigenvalue weighted by atomic mass is 10.0. The number of carboxylic acid groups (broad SMARTS) is 1. The number of carbonyl (C=O) groups is 1. The van der Waals surface area contributed by atoms with Gasteiger partial charge in [0.2, 0.25) is 0 Å². The van der Waals surface area contributed by atoms with E-state index in [1.165, 1.54) is 0 Å². The lowest BCUT2D eigenvalue weighted by Gasteiger charge is -2.22. The summed E-state index contributed by atoms with van der Waals surface area (Å²) in [6.07, 6.45) is 1.62. The van der Waals surface area contributed by atoms with E-state index in [-0.39, 0.29) is 24.6 Å². The Hall–Kier alpha value is -0.610. The van der Waals surface area contributed by atoms with Crippen LogP contribution in [0.15, 0.2) is 0 Å². The second-order valence-electron chi connectivity index (χ2n) is 3.85. The van der Waals surface area contributed by atoms with Crippen LogP contribution in [-0.2, 0) is 4.79 Å².